The summed E-state index contributed by atoms with van der Waals surface area (Å²) >= 11 is 0. The second-order valence-corrected chi connectivity index (χ2v) is 6.07. The molecule has 1 saturated carbocycles. The molecule has 5 nitrogen and oxygen atoms in total. The van der Waals surface area contributed by atoms with Crippen LogP contribution in [0.5, 0.6) is 0 Å². The molecule has 0 amide bonds. The minimum Gasteiger partial charge on any atom is -0.463 e. The molecule has 0 saturated heterocycles. The Morgan fingerprint density at radius 3 is 3.09 bits per heavy atom. The number of nitrogens with zero attached hydrogens (tertiary/aromatic N) is 2. The van der Waals surface area contributed by atoms with Crippen LogP contribution in [0.2, 0.25) is 0 Å². The zero-order valence-corrected chi connectivity index (χ0v) is 13.4. The topological polar surface area (TPSA) is 57.3 Å². The molecule has 23 heavy (non-hydrogen) atoms. The number of esters is 1. The fourth-order valence-electron chi connectivity index (χ4n) is 2.56. The van der Waals surface area contributed by atoms with Crippen molar-refractivity contribution in [3.05, 3.63) is 48.5 Å². The van der Waals surface area contributed by atoms with Gasteiger partial charge >= 0.3 is 5.97 Å². The van der Waals surface area contributed by atoms with E-state index in [0.29, 0.717) is 24.2 Å². The lowest BCUT2D eigenvalue weighted by Crippen LogP contribution is -2.03. The van der Waals surface area contributed by atoms with E-state index in [1.54, 1.807) is 18.6 Å². The SMILES string of the molecule is CC1CC1c1ccc(/C=C/C(=O)OCCCCn2ccnc2)o1. The molecule has 122 valence electrons. The van der Waals surface area contributed by atoms with Crippen LogP contribution in [0.25, 0.3) is 6.08 Å². The van der Waals surface area contributed by atoms with Gasteiger partial charge in [0.05, 0.1) is 12.9 Å². The Kier molecular flexibility index (Phi) is 4.95. The number of unbranched alkanes of at least 4 members (excludes halogenated alkanes) is 1. The minimum absolute atomic E-state index is 0.328. The van der Waals surface area contributed by atoms with Gasteiger partial charge in [-0.2, -0.15) is 0 Å². The maximum atomic E-state index is 11.6. The van der Waals surface area contributed by atoms with Crippen molar-refractivity contribution in [2.45, 2.75) is 38.6 Å². The number of aromatic nitrogens is 2. The molecular formula is C18H22N2O3. The number of carbonyl (C=O) groups is 1. The highest BCUT2D eigenvalue weighted by Crippen LogP contribution is 2.47. The summed E-state index contributed by atoms with van der Waals surface area (Å²) in [5, 5.41) is 0. The largest absolute Gasteiger partial charge is 0.463 e. The first kappa shape index (κ1) is 15.6. The van der Waals surface area contributed by atoms with Gasteiger partial charge in [-0.1, -0.05) is 6.92 Å². The van der Waals surface area contributed by atoms with E-state index in [1.807, 2.05) is 22.9 Å². The molecule has 5 heteroatoms. The van der Waals surface area contributed by atoms with Crippen LogP contribution in [0.4, 0.5) is 0 Å². The molecule has 2 aromatic rings. The van der Waals surface area contributed by atoms with Gasteiger partial charge in [0.2, 0.25) is 0 Å². The lowest BCUT2D eigenvalue weighted by Gasteiger charge is -2.03. The maximum Gasteiger partial charge on any atom is 0.330 e. The Bertz CT molecular complexity index is 658. The van der Waals surface area contributed by atoms with Gasteiger partial charge in [-0.25, -0.2) is 9.78 Å². The standard InChI is InChI=1S/C18H22N2O3/c1-14-12-16(14)17-6-4-15(23-17)5-7-18(21)22-11-3-2-9-20-10-8-19-13-20/h4-8,10,13-14,16H,2-3,9,11-12H2,1H3/b7-5+. The third-order valence-corrected chi connectivity index (χ3v) is 4.12. The van der Waals surface area contributed by atoms with Gasteiger partial charge in [0.25, 0.3) is 0 Å². The number of furan rings is 1. The third-order valence-electron chi connectivity index (χ3n) is 4.12. The van der Waals surface area contributed by atoms with Crippen LogP contribution in [-0.4, -0.2) is 22.1 Å². The molecule has 2 atom stereocenters. The van der Waals surface area contributed by atoms with Crippen molar-refractivity contribution in [2.75, 3.05) is 6.61 Å². The highest BCUT2D eigenvalue weighted by atomic mass is 16.5. The predicted octanol–water partition coefficient (Wildman–Crippen LogP) is 3.64. The zero-order valence-electron chi connectivity index (χ0n) is 13.4. The first-order valence-corrected chi connectivity index (χ1v) is 8.12. The van der Waals surface area contributed by atoms with E-state index in [2.05, 4.69) is 11.9 Å². The Labute approximate surface area is 136 Å². The van der Waals surface area contributed by atoms with Crippen molar-refractivity contribution in [2.24, 2.45) is 5.92 Å². The second kappa shape index (κ2) is 7.31. The van der Waals surface area contributed by atoms with E-state index < -0.39 is 0 Å². The van der Waals surface area contributed by atoms with Crippen LogP contribution in [-0.2, 0) is 16.1 Å². The highest BCUT2D eigenvalue weighted by molar-refractivity contribution is 5.86. The molecule has 2 unspecified atom stereocenters. The quantitative estimate of drug-likeness (QED) is 0.424. The first-order chi connectivity index (χ1) is 11.2. The van der Waals surface area contributed by atoms with Crippen molar-refractivity contribution in [1.29, 1.82) is 0 Å². The number of hydrogen-bond acceptors (Lipinski definition) is 4. The van der Waals surface area contributed by atoms with E-state index in [4.69, 9.17) is 9.15 Å². The number of hydrogen-bond donors (Lipinski definition) is 0. The maximum absolute atomic E-state index is 11.6. The Morgan fingerprint density at radius 2 is 2.35 bits per heavy atom. The van der Waals surface area contributed by atoms with Crippen molar-refractivity contribution in [1.82, 2.24) is 9.55 Å². The Morgan fingerprint density at radius 1 is 1.48 bits per heavy atom. The second-order valence-electron chi connectivity index (χ2n) is 6.07. The molecule has 3 rings (SSSR count). The average molecular weight is 314 g/mol. The molecule has 0 spiro atoms. The first-order valence-electron chi connectivity index (χ1n) is 8.12. The highest BCUT2D eigenvalue weighted by Gasteiger charge is 2.36. The molecular weight excluding hydrogens is 292 g/mol. The van der Waals surface area contributed by atoms with Gasteiger partial charge in [-0.15, -0.1) is 0 Å². The molecule has 1 fully saturated rings. The van der Waals surface area contributed by atoms with Crippen LogP contribution in [0.1, 0.15) is 43.6 Å². The van der Waals surface area contributed by atoms with Gasteiger partial charge in [0.1, 0.15) is 11.5 Å². The molecule has 0 aliphatic heterocycles. The van der Waals surface area contributed by atoms with Crippen LogP contribution in [0, 0.1) is 5.92 Å². The molecule has 2 aromatic heterocycles. The van der Waals surface area contributed by atoms with Crippen LogP contribution in [0.3, 0.4) is 0 Å². The normalized spacial score (nSPS) is 20.0. The predicted molar refractivity (Wildman–Crippen MR) is 86.7 cm³/mol. The van der Waals surface area contributed by atoms with Gasteiger partial charge in [0.15, 0.2) is 0 Å². The van der Waals surface area contributed by atoms with Crippen molar-refractivity contribution in [3.63, 3.8) is 0 Å². The minimum atomic E-state index is -0.328. The van der Waals surface area contributed by atoms with Crippen molar-refractivity contribution < 1.29 is 13.9 Å². The smallest absolute Gasteiger partial charge is 0.330 e. The van der Waals surface area contributed by atoms with Crippen molar-refractivity contribution >= 4 is 12.0 Å². The summed E-state index contributed by atoms with van der Waals surface area (Å²) in [6, 6.07) is 3.89. The molecule has 0 radical (unpaired) electrons. The van der Waals surface area contributed by atoms with Crippen LogP contribution < -0.4 is 0 Å². The number of imidazole rings is 1. The summed E-state index contributed by atoms with van der Waals surface area (Å²) in [7, 11) is 0. The van der Waals surface area contributed by atoms with Gasteiger partial charge in [0, 0.05) is 30.9 Å². The molecule has 1 aliphatic carbocycles. The molecule has 0 N–H and O–H groups in total. The van der Waals surface area contributed by atoms with E-state index in [9.17, 15) is 4.79 Å². The average Bonchev–Trinajstić information content (AvgIpc) is 2.99. The van der Waals surface area contributed by atoms with Crippen molar-refractivity contribution in [3.8, 4) is 0 Å². The fraction of sp³-hybridized carbons (Fsp3) is 0.444. The summed E-state index contributed by atoms with van der Waals surface area (Å²) in [5.74, 6) is 2.66. The Balaban J connectivity index is 1.33. The number of carbonyl (C=O) groups excluding carboxylic acids is 1. The summed E-state index contributed by atoms with van der Waals surface area (Å²) < 4.78 is 12.9. The van der Waals surface area contributed by atoms with Gasteiger partial charge in [-0.05, 0) is 43.4 Å². The molecule has 0 aromatic carbocycles. The van der Waals surface area contributed by atoms with E-state index in [0.717, 1.165) is 25.1 Å². The number of aryl methyl sites for hydroxylation is 1. The Hall–Kier alpha value is -2.30. The fourth-order valence-corrected chi connectivity index (χ4v) is 2.56. The lowest BCUT2D eigenvalue weighted by atomic mass is 10.3. The number of rotatable bonds is 8. The van der Waals surface area contributed by atoms with Gasteiger partial charge in [-0.3, -0.25) is 0 Å². The van der Waals surface area contributed by atoms with Crippen LogP contribution in [0.15, 0.2) is 41.3 Å². The van der Waals surface area contributed by atoms with E-state index >= 15 is 0 Å². The lowest BCUT2D eigenvalue weighted by molar-refractivity contribution is -0.137. The van der Waals surface area contributed by atoms with Gasteiger partial charge < -0.3 is 13.7 Å². The molecule has 1 aliphatic rings. The summed E-state index contributed by atoms with van der Waals surface area (Å²) in [4.78, 5) is 15.6. The summed E-state index contributed by atoms with van der Waals surface area (Å²) in [5.41, 5.74) is 0. The molecule has 2 heterocycles. The molecule has 0 bridgehead atoms. The van der Waals surface area contributed by atoms with E-state index in [1.165, 1.54) is 12.5 Å². The number of ether oxygens (including phenoxy) is 1. The van der Waals surface area contributed by atoms with Crippen LogP contribution >= 0.6 is 0 Å². The summed E-state index contributed by atoms with van der Waals surface area (Å²) in [6.45, 7) is 3.54. The van der Waals surface area contributed by atoms with E-state index in [-0.39, 0.29) is 5.97 Å². The zero-order chi connectivity index (χ0) is 16.1. The third kappa shape index (κ3) is 4.58. The summed E-state index contributed by atoms with van der Waals surface area (Å²) in [6.07, 6.45) is 11.5. The monoisotopic (exact) mass is 314 g/mol.